The molecule has 0 aromatic heterocycles. The minimum atomic E-state index is -1.13. The summed E-state index contributed by atoms with van der Waals surface area (Å²) in [5.41, 5.74) is 0.604. The van der Waals surface area contributed by atoms with Gasteiger partial charge in [0.15, 0.2) is 0 Å². The molecule has 2 aliphatic rings. The third-order valence-corrected chi connectivity index (χ3v) is 4.56. The molecule has 4 N–H and O–H groups in total. The predicted octanol–water partition coefficient (Wildman–Crippen LogP) is -0.0514. The van der Waals surface area contributed by atoms with Crippen LogP contribution in [0.3, 0.4) is 0 Å². The number of aliphatic carboxylic acids is 1. The number of ether oxygens (including phenoxy) is 1. The van der Waals surface area contributed by atoms with Gasteiger partial charge in [-0.15, -0.1) is 0 Å². The fraction of sp³-hybridized carbons (Fsp3) is 0.692. The Balaban J connectivity index is 2.10. The van der Waals surface area contributed by atoms with E-state index in [1.165, 1.54) is 4.90 Å². The van der Waals surface area contributed by atoms with Crippen LogP contribution in [0.4, 0.5) is 0 Å². The standard InChI is InChI=1S/C13H20N2O5S/c1-6(5-21-14)20-4-8-3-9-10(7(2)16)12(17)15(9)11(8)13(18)19/h6-7,9-10,16H,3-5,14H2,1-2H3,(H,18,19). The molecule has 0 radical (unpaired) electrons. The topological polar surface area (TPSA) is 113 Å². The van der Waals surface area contributed by atoms with E-state index in [0.717, 1.165) is 11.9 Å². The van der Waals surface area contributed by atoms with E-state index in [0.29, 0.717) is 17.7 Å². The van der Waals surface area contributed by atoms with Crippen LogP contribution in [0.1, 0.15) is 20.3 Å². The maximum atomic E-state index is 12.0. The van der Waals surface area contributed by atoms with Crippen molar-refractivity contribution < 1.29 is 24.5 Å². The number of aliphatic hydroxyl groups is 1. The van der Waals surface area contributed by atoms with E-state index in [-0.39, 0.29) is 30.4 Å². The Morgan fingerprint density at radius 3 is 2.76 bits per heavy atom. The lowest BCUT2D eigenvalue weighted by Crippen LogP contribution is -2.61. The summed E-state index contributed by atoms with van der Waals surface area (Å²) in [5, 5.41) is 24.3. The van der Waals surface area contributed by atoms with Gasteiger partial charge in [0.1, 0.15) is 5.70 Å². The SMILES string of the molecule is CC(CSN)OCC1=C(C(=O)O)N2C(=O)C(C(C)O)C2C1. The predicted molar refractivity (Wildman–Crippen MR) is 77.1 cm³/mol. The van der Waals surface area contributed by atoms with Crippen LogP contribution >= 0.6 is 11.9 Å². The minimum Gasteiger partial charge on any atom is -0.477 e. The number of amides is 1. The van der Waals surface area contributed by atoms with Crippen molar-refractivity contribution in [1.82, 2.24) is 4.90 Å². The van der Waals surface area contributed by atoms with Crippen LogP contribution in [0.15, 0.2) is 11.3 Å². The summed E-state index contributed by atoms with van der Waals surface area (Å²) in [6, 6.07) is -0.263. The second kappa shape index (κ2) is 6.35. The van der Waals surface area contributed by atoms with Crippen LogP contribution in [0.5, 0.6) is 0 Å². The average Bonchev–Trinajstić information content (AvgIpc) is 2.70. The summed E-state index contributed by atoms with van der Waals surface area (Å²) in [7, 11) is 0. The van der Waals surface area contributed by atoms with Crippen LogP contribution < -0.4 is 5.14 Å². The molecule has 0 bridgehead atoms. The van der Waals surface area contributed by atoms with Gasteiger partial charge in [-0.3, -0.25) is 9.93 Å². The number of rotatable bonds is 7. The fourth-order valence-electron chi connectivity index (χ4n) is 2.92. The fourth-order valence-corrected chi connectivity index (χ4v) is 3.28. The Labute approximate surface area is 127 Å². The summed E-state index contributed by atoms with van der Waals surface area (Å²) < 4.78 is 5.58. The van der Waals surface area contributed by atoms with Gasteiger partial charge >= 0.3 is 5.97 Å². The highest BCUT2D eigenvalue weighted by Gasteiger charge is 2.56. The smallest absolute Gasteiger partial charge is 0.352 e. The molecule has 2 rings (SSSR count). The van der Waals surface area contributed by atoms with Crippen LogP contribution in [0, 0.1) is 5.92 Å². The highest BCUT2D eigenvalue weighted by molar-refractivity contribution is 7.97. The lowest BCUT2D eigenvalue weighted by atomic mass is 9.83. The van der Waals surface area contributed by atoms with E-state index in [2.05, 4.69) is 0 Å². The number of carboxylic acid groups (broad SMARTS) is 1. The monoisotopic (exact) mass is 316 g/mol. The number of hydrogen-bond donors (Lipinski definition) is 3. The Morgan fingerprint density at radius 1 is 1.57 bits per heavy atom. The molecule has 8 heteroatoms. The lowest BCUT2D eigenvalue weighted by Gasteiger charge is -2.44. The first-order chi connectivity index (χ1) is 9.88. The van der Waals surface area contributed by atoms with Crippen LogP contribution in [-0.2, 0) is 14.3 Å². The van der Waals surface area contributed by atoms with E-state index in [9.17, 15) is 19.8 Å². The maximum absolute atomic E-state index is 12.0. The molecular weight excluding hydrogens is 296 g/mol. The van der Waals surface area contributed by atoms with Crippen molar-refractivity contribution in [3.05, 3.63) is 11.3 Å². The van der Waals surface area contributed by atoms with Crippen molar-refractivity contribution in [3.63, 3.8) is 0 Å². The van der Waals surface area contributed by atoms with Crippen molar-refractivity contribution in [1.29, 1.82) is 0 Å². The van der Waals surface area contributed by atoms with Crippen molar-refractivity contribution in [2.75, 3.05) is 12.4 Å². The second-order valence-corrected chi connectivity index (χ2v) is 6.13. The number of nitrogens with zero attached hydrogens (tertiary/aromatic N) is 1. The molecule has 21 heavy (non-hydrogen) atoms. The molecule has 2 aliphatic heterocycles. The number of carboxylic acids is 1. The van der Waals surface area contributed by atoms with Gasteiger partial charge in [-0.25, -0.2) is 4.79 Å². The largest absolute Gasteiger partial charge is 0.477 e. The molecule has 0 aromatic carbocycles. The van der Waals surface area contributed by atoms with Gasteiger partial charge in [-0.2, -0.15) is 0 Å². The first-order valence-electron chi connectivity index (χ1n) is 6.78. The molecule has 0 spiro atoms. The molecule has 1 amide bonds. The van der Waals surface area contributed by atoms with Gasteiger partial charge in [-0.1, -0.05) is 11.9 Å². The molecule has 0 aromatic rings. The number of β-lactam (4-membered cyclic amide) rings is 1. The molecule has 1 saturated heterocycles. The number of nitrogens with two attached hydrogens (primary N) is 1. The number of carbonyl (C=O) groups excluding carboxylic acids is 1. The highest BCUT2D eigenvalue weighted by Crippen LogP contribution is 2.43. The summed E-state index contributed by atoms with van der Waals surface area (Å²) in [6.07, 6.45) is -0.438. The molecule has 0 saturated carbocycles. The lowest BCUT2D eigenvalue weighted by molar-refractivity contribution is -0.161. The summed E-state index contributed by atoms with van der Waals surface area (Å²) in [6.45, 7) is 3.57. The van der Waals surface area contributed by atoms with E-state index in [4.69, 9.17) is 9.88 Å². The van der Waals surface area contributed by atoms with E-state index in [1.807, 2.05) is 6.92 Å². The Hall–Kier alpha value is -1.09. The second-order valence-electron chi connectivity index (χ2n) is 5.46. The summed E-state index contributed by atoms with van der Waals surface area (Å²) in [5.74, 6) is -1.37. The van der Waals surface area contributed by atoms with Crippen molar-refractivity contribution in [3.8, 4) is 0 Å². The normalized spacial score (nSPS) is 27.4. The molecule has 4 atom stereocenters. The Morgan fingerprint density at radius 2 is 2.24 bits per heavy atom. The molecule has 1 fully saturated rings. The van der Waals surface area contributed by atoms with Crippen molar-refractivity contribution >= 4 is 23.8 Å². The van der Waals surface area contributed by atoms with E-state index >= 15 is 0 Å². The average molecular weight is 316 g/mol. The van der Waals surface area contributed by atoms with Gasteiger partial charge in [0.25, 0.3) is 0 Å². The number of aliphatic hydroxyl groups excluding tert-OH is 1. The molecular formula is C13H20N2O5S. The van der Waals surface area contributed by atoms with E-state index < -0.39 is 18.0 Å². The molecule has 0 aliphatic carbocycles. The molecule has 2 heterocycles. The third-order valence-electron chi connectivity index (χ3n) is 3.90. The zero-order valence-electron chi connectivity index (χ0n) is 12.0. The Kier molecular flexibility index (Phi) is 4.92. The highest BCUT2D eigenvalue weighted by atomic mass is 32.2. The quantitative estimate of drug-likeness (QED) is 0.446. The zero-order valence-corrected chi connectivity index (χ0v) is 12.8. The van der Waals surface area contributed by atoms with Gasteiger partial charge in [0, 0.05) is 5.75 Å². The van der Waals surface area contributed by atoms with Gasteiger partial charge in [-0.05, 0) is 25.8 Å². The van der Waals surface area contributed by atoms with Crippen LogP contribution in [0.2, 0.25) is 0 Å². The van der Waals surface area contributed by atoms with Crippen LogP contribution in [-0.4, -0.2) is 57.6 Å². The van der Waals surface area contributed by atoms with Gasteiger partial charge < -0.3 is 19.8 Å². The van der Waals surface area contributed by atoms with Crippen molar-refractivity contribution in [2.24, 2.45) is 11.1 Å². The minimum absolute atomic E-state index is 0.00880. The molecule has 118 valence electrons. The first kappa shape index (κ1) is 16.3. The molecule has 7 nitrogen and oxygen atoms in total. The van der Waals surface area contributed by atoms with E-state index in [1.54, 1.807) is 6.92 Å². The summed E-state index contributed by atoms with van der Waals surface area (Å²) in [4.78, 5) is 24.7. The summed E-state index contributed by atoms with van der Waals surface area (Å²) >= 11 is 1.16. The van der Waals surface area contributed by atoms with Gasteiger partial charge in [0.05, 0.1) is 30.8 Å². The van der Waals surface area contributed by atoms with Crippen LogP contribution in [0.25, 0.3) is 0 Å². The first-order valence-corrected chi connectivity index (χ1v) is 7.83. The molecule has 4 unspecified atom stereocenters. The van der Waals surface area contributed by atoms with Crippen molar-refractivity contribution in [2.45, 2.75) is 38.5 Å². The zero-order chi connectivity index (χ0) is 15.7. The number of hydrogen-bond acceptors (Lipinski definition) is 6. The number of carbonyl (C=O) groups is 2. The Bertz CT molecular complexity index is 479. The van der Waals surface area contributed by atoms with Gasteiger partial charge in [0.2, 0.25) is 5.91 Å². The third kappa shape index (κ3) is 2.94. The number of fused-ring (bicyclic) bond motifs is 1. The maximum Gasteiger partial charge on any atom is 0.352 e.